The van der Waals surface area contributed by atoms with Gasteiger partial charge in [0.1, 0.15) is 5.69 Å². The zero-order chi connectivity index (χ0) is 13.9. The Morgan fingerprint density at radius 1 is 1.39 bits per heavy atom. The van der Waals surface area contributed by atoms with Gasteiger partial charge in [0.15, 0.2) is 0 Å². The van der Waals surface area contributed by atoms with Crippen LogP contribution in [0.5, 0.6) is 0 Å². The maximum Gasteiger partial charge on any atom is 0.293 e. The van der Waals surface area contributed by atoms with Gasteiger partial charge in [-0.15, -0.1) is 0 Å². The Morgan fingerprint density at radius 3 is 2.44 bits per heavy atom. The topological polar surface area (TPSA) is 75.4 Å². The van der Waals surface area contributed by atoms with Gasteiger partial charge in [-0.05, 0) is 18.9 Å². The standard InChI is InChI=1S/C11H14Cl2N2O3/c1-6(5-16)7(2)14-10-3-8(12)9(13)4-11(10)15(17)18/h3-4,6-7,14,16H,5H2,1-2H3. The van der Waals surface area contributed by atoms with E-state index in [4.69, 9.17) is 28.3 Å². The van der Waals surface area contributed by atoms with Gasteiger partial charge in [-0.25, -0.2) is 0 Å². The Bertz CT molecular complexity index is 454. The van der Waals surface area contributed by atoms with Gasteiger partial charge >= 0.3 is 0 Å². The summed E-state index contributed by atoms with van der Waals surface area (Å²) in [6, 6.07) is 2.50. The van der Waals surface area contributed by atoms with Crippen molar-refractivity contribution in [1.29, 1.82) is 0 Å². The third kappa shape index (κ3) is 3.48. The van der Waals surface area contributed by atoms with Crippen molar-refractivity contribution in [2.24, 2.45) is 5.92 Å². The summed E-state index contributed by atoms with van der Waals surface area (Å²) >= 11 is 11.6. The minimum Gasteiger partial charge on any atom is -0.396 e. The molecule has 2 atom stereocenters. The van der Waals surface area contributed by atoms with Crippen LogP contribution in [0, 0.1) is 16.0 Å². The Morgan fingerprint density at radius 2 is 1.94 bits per heavy atom. The summed E-state index contributed by atoms with van der Waals surface area (Å²) in [5.74, 6) is -0.0425. The number of halogens is 2. The number of hydrogen-bond donors (Lipinski definition) is 2. The average Bonchev–Trinajstić information content (AvgIpc) is 2.31. The molecular weight excluding hydrogens is 279 g/mol. The predicted molar refractivity (Wildman–Crippen MR) is 72.5 cm³/mol. The molecule has 0 aliphatic rings. The van der Waals surface area contributed by atoms with E-state index in [1.807, 2.05) is 13.8 Å². The maximum atomic E-state index is 10.9. The van der Waals surface area contributed by atoms with E-state index in [1.165, 1.54) is 12.1 Å². The van der Waals surface area contributed by atoms with E-state index in [0.717, 1.165) is 0 Å². The number of nitro groups is 1. The lowest BCUT2D eigenvalue weighted by Gasteiger charge is -2.20. The van der Waals surface area contributed by atoms with Gasteiger partial charge in [0.25, 0.3) is 5.69 Å². The lowest BCUT2D eigenvalue weighted by atomic mass is 10.0. The molecule has 0 aliphatic heterocycles. The highest BCUT2D eigenvalue weighted by atomic mass is 35.5. The van der Waals surface area contributed by atoms with Crippen LogP contribution in [0.1, 0.15) is 13.8 Å². The van der Waals surface area contributed by atoms with Crippen LogP contribution in [0.4, 0.5) is 11.4 Å². The van der Waals surface area contributed by atoms with Gasteiger partial charge in [-0.2, -0.15) is 0 Å². The molecule has 18 heavy (non-hydrogen) atoms. The molecule has 0 fully saturated rings. The number of hydrogen-bond acceptors (Lipinski definition) is 4. The van der Waals surface area contributed by atoms with Gasteiger partial charge in [-0.3, -0.25) is 10.1 Å². The van der Waals surface area contributed by atoms with Gasteiger partial charge in [0.05, 0.1) is 15.0 Å². The fourth-order valence-electron chi connectivity index (χ4n) is 1.35. The summed E-state index contributed by atoms with van der Waals surface area (Å²) in [6.45, 7) is 3.65. The number of nitro benzene ring substituents is 1. The monoisotopic (exact) mass is 292 g/mol. The molecule has 0 amide bonds. The van der Waals surface area contributed by atoms with Gasteiger partial charge in [0.2, 0.25) is 0 Å². The lowest BCUT2D eigenvalue weighted by molar-refractivity contribution is -0.384. The molecule has 2 unspecified atom stereocenters. The third-order valence-electron chi connectivity index (χ3n) is 2.76. The third-order valence-corrected chi connectivity index (χ3v) is 3.48. The molecule has 100 valence electrons. The Labute approximate surface area is 115 Å². The second-order valence-electron chi connectivity index (χ2n) is 4.13. The number of anilines is 1. The van der Waals surface area contributed by atoms with Crippen molar-refractivity contribution in [3.8, 4) is 0 Å². The maximum absolute atomic E-state index is 10.9. The molecule has 0 bridgehead atoms. The van der Waals surface area contributed by atoms with Crippen molar-refractivity contribution in [2.45, 2.75) is 19.9 Å². The van der Waals surface area contributed by atoms with E-state index < -0.39 is 4.92 Å². The van der Waals surface area contributed by atoms with Gasteiger partial charge < -0.3 is 10.4 Å². The first kappa shape index (κ1) is 15.0. The fourth-order valence-corrected chi connectivity index (χ4v) is 1.67. The Hall–Kier alpha value is -1.04. The van der Waals surface area contributed by atoms with Gasteiger partial charge in [0, 0.05) is 18.7 Å². The van der Waals surface area contributed by atoms with Crippen molar-refractivity contribution in [2.75, 3.05) is 11.9 Å². The molecule has 0 saturated carbocycles. The summed E-state index contributed by atoms with van der Waals surface area (Å²) in [7, 11) is 0. The van der Waals surface area contributed by atoms with Crippen LogP contribution in [0.3, 0.4) is 0 Å². The molecule has 0 radical (unpaired) electrons. The van der Waals surface area contributed by atoms with Crippen LogP contribution in [0.15, 0.2) is 12.1 Å². The molecule has 1 rings (SSSR count). The SMILES string of the molecule is CC(CO)C(C)Nc1cc(Cl)c(Cl)cc1[N+](=O)[O-]. The van der Waals surface area contributed by atoms with Crippen LogP contribution in [-0.4, -0.2) is 22.7 Å². The number of nitrogens with one attached hydrogen (secondary N) is 1. The number of rotatable bonds is 5. The van der Waals surface area contributed by atoms with E-state index in [0.29, 0.717) is 5.69 Å². The minimum atomic E-state index is -0.527. The molecule has 7 heteroatoms. The second-order valence-corrected chi connectivity index (χ2v) is 4.95. The zero-order valence-corrected chi connectivity index (χ0v) is 11.5. The minimum absolute atomic E-state index is 0.0106. The van der Waals surface area contributed by atoms with Crippen LogP contribution in [-0.2, 0) is 0 Å². The predicted octanol–water partition coefficient (Wildman–Crippen LogP) is 3.33. The molecule has 0 saturated heterocycles. The molecule has 0 spiro atoms. The molecule has 2 N–H and O–H groups in total. The van der Waals surface area contributed by atoms with Crippen molar-refractivity contribution in [3.63, 3.8) is 0 Å². The largest absolute Gasteiger partial charge is 0.396 e. The first-order chi connectivity index (χ1) is 8.36. The van der Waals surface area contributed by atoms with E-state index >= 15 is 0 Å². The molecule has 1 aromatic carbocycles. The first-order valence-electron chi connectivity index (χ1n) is 5.37. The average molecular weight is 293 g/mol. The Balaban J connectivity index is 3.07. The normalized spacial score (nSPS) is 14.1. The van der Waals surface area contributed by atoms with Crippen LogP contribution in [0.25, 0.3) is 0 Å². The van der Waals surface area contributed by atoms with Crippen LogP contribution >= 0.6 is 23.2 Å². The van der Waals surface area contributed by atoms with Crippen LogP contribution < -0.4 is 5.32 Å². The number of aliphatic hydroxyl groups excluding tert-OH is 1. The lowest BCUT2D eigenvalue weighted by Crippen LogP contribution is -2.26. The highest BCUT2D eigenvalue weighted by Gasteiger charge is 2.20. The molecular formula is C11H14Cl2N2O3. The summed E-state index contributed by atoms with van der Waals surface area (Å²) in [5.41, 5.74) is 0.156. The molecule has 1 aromatic rings. The van der Waals surface area contributed by atoms with Crippen molar-refractivity contribution >= 4 is 34.6 Å². The molecule has 0 aromatic heterocycles. The van der Waals surface area contributed by atoms with E-state index in [-0.39, 0.29) is 34.3 Å². The van der Waals surface area contributed by atoms with E-state index in [1.54, 1.807) is 0 Å². The van der Waals surface area contributed by atoms with Crippen molar-refractivity contribution in [3.05, 3.63) is 32.3 Å². The first-order valence-corrected chi connectivity index (χ1v) is 6.13. The summed E-state index contributed by atoms with van der Waals surface area (Å²) < 4.78 is 0. The van der Waals surface area contributed by atoms with E-state index in [2.05, 4.69) is 5.32 Å². The highest BCUT2D eigenvalue weighted by Crippen LogP contribution is 2.34. The van der Waals surface area contributed by atoms with Crippen LogP contribution in [0.2, 0.25) is 10.0 Å². The summed E-state index contributed by atoms with van der Waals surface area (Å²) in [5, 5.41) is 23.3. The second kappa shape index (κ2) is 6.22. The van der Waals surface area contributed by atoms with Crippen molar-refractivity contribution < 1.29 is 10.0 Å². The molecule has 0 heterocycles. The zero-order valence-electron chi connectivity index (χ0n) is 9.98. The Kier molecular flexibility index (Phi) is 5.19. The molecule has 5 nitrogen and oxygen atoms in total. The van der Waals surface area contributed by atoms with Gasteiger partial charge in [-0.1, -0.05) is 30.1 Å². The number of nitrogens with zero attached hydrogens (tertiary/aromatic N) is 1. The molecule has 0 aliphatic carbocycles. The summed E-state index contributed by atoms with van der Waals surface area (Å²) in [6.07, 6.45) is 0. The number of aliphatic hydroxyl groups is 1. The van der Waals surface area contributed by atoms with Crippen molar-refractivity contribution in [1.82, 2.24) is 0 Å². The summed E-state index contributed by atoms with van der Waals surface area (Å²) in [4.78, 5) is 10.4. The smallest absolute Gasteiger partial charge is 0.293 e. The van der Waals surface area contributed by atoms with E-state index in [9.17, 15) is 10.1 Å². The highest BCUT2D eigenvalue weighted by molar-refractivity contribution is 6.42. The number of benzene rings is 1. The fraction of sp³-hybridized carbons (Fsp3) is 0.455. The quantitative estimate of drug-likeness (QED) is 0.645.